The zero-order valence-corrected chi connectivity index (χ0v) is 14.6. The number of thiazole rings is 1. The zero-order valence-electron chi connectivity index (χ0n) is 13.8. The van der Waals surface area contributed by atoms with Gasteiger partial charge in [-0.25, -0.2) is 4.98 Å². The molecule has 23 heavy (non-hydrogen) atoms. The highest BCUT2D eigenvalue weighted by atomic mass is 32.1. The van der Waals surface area contributed by atoms with Crippen LogP contribution in [0.3, 0.4) is 0 Å². The first-order valence-corrected chi connectivity index (χ1v) is 9.62. The van der Waals surface area contributed by atoms with Crippen LogP contribution in [0, 0.1) is 0 Å². The lowest BCUT2D eigenvalue weighted by Gasteiger charge is -2.40. The summed E-state index contributed by atoms with van der Waals surface area (Å²) in [5.74, 6) is 0. The fourth-order valence-corrected chi connectivity index (χ4v) is 4.84. The number of hydrogen-bond donors (Lipinski definition) is 0. The van der Waals surface area contributed by atoms with Crippen LogP contribution in [0.1, 0.15) is 25.3 Å². The van der Waals surface area contributed by atoms with Crippen molar-refractivity contribution >= 4 is 26.7 Å². The van der Waals surface area contributed by atoms with E-state index in [2.05, 4.69) is 34.9 Å². The first kappa shape index (κ1) is 15.4. The van der Waals surface area contributed by atoms with Crippen molar-refractivity contribution in [1.82, 2.24) is 9.88 Å². The fourth-order valence-electron chi connectivity index (χ4n) is 3.78. The summed E-state index contributed by atoms with van der Waals surface area (Å²) in [5.41, 5.74) is 2.58. The van der Waals surface area contributed by atoms with Gasteiger partial charge in [0, 0.05) is 32.2 Å². The highest BCUT2D eigenvalue weighted by molar-refractivity contribution is 7.22. The number of para-hydroxylation sites is 1. The third kappa shape index (κ3) is 3.10. The van der Waals surface area contributed by atoms with Crippen LogP contribution in [0.25, 0.3) is 10.2 Å². The lowest BCUT2D eigenvalue weighted by Crippen LogP contribution is -2.49. The Hall–Kier alpha value is -1.17. The smallest absolute Gasteiger partial charge is 0.186 e. The average Bonchev–Trinajstić information content (AvgIpc) is 3.07. The van der Waals surface area contributed by atoms with Gasteiger partial charge in [-0.1, -0.05) is 30.4 Å². The van der Waals surface area contributed by atoms with Gasteiger partial charge in [-0.05, 0) is 30.9 Å². The minimum Gasteiger partial charge on any atom is -0.379 e. The topological polar surface area (TPSA) is 28.6 Å². The van der Waals surface area contributed by atoms with Gasteiger partial charge >= 0.3 is 0 Å². The van der Waals surface area contributed by atoms with E-state index >= 15 is 0 Å². The normalized spacial score (nSPS) is 21.2. The molecule has 2 aliphatic heterocycles. The van der Waals surface area contributed by atoms with Gasteiger partial charge in [0.05, 0.1) is 23.4 Å². The van der Waals surface area contributed by atoms with E-state index in [0.717, 1.165) is 51.9 Å². The van der Waals surface area contributed by atoms with Crippen LogP contribution in [0.15, 0.2) is 18.2 Å². The predicted octanol–water partition coefficient (Wildman–Crippen LogP) is 3.16. The molecule has 5 heteroatoms. The number of nitrogens with zero attached hydrogens (tertiary/aromatic N) is 3. The maximum absolute atomic E-state index is 5.48. The number of benzene rings is 1. The van der Waals surface area contributed by atoms with Gasteiger partial charge < -0.3 is 9.64 Å². The summed E-state index contributed by atoms with van der Waals surface area (Å²) < 4.78 is 6.80. The Kier molecular flexibility index (Phi) is 4.51. The van der Waals surface area contributed by atoms with Gasteiger partial charge in [-0.3, -0.25) is 4.90 Å². The minimum absolute atomic E-state index is 0.732. The number of hydrogen-bond acceptors (Lipinski definition) is 5. The standard InChI is InChI=1S/C18H25N3OS/c1-2-14-4-3-5-16-17(14)19-18(23-16)21-8-6-15(7-9-21)20-10-12-22-13-11-20/h3-5,15H,2,6-13H2,1H3. The molecule has 0 aliphatic carbocycles. The Morgan fingerprint density at radius 2 is 1.96 bits per heavy atom. The highest BCUT2D eigenvalue weighted by Crippen LogP contribution is 2.33. The lowest BCUT2D eigenvalue weighted by molar-refractivity contribution is 0.0115. The van der Waals surface area contributed by atoms with E-state index in [9.17, 15) is 0 Å². The van der Waals surface area contributed by atoms with Crippen LogP contribution in [-0.2, 0) is 11.2 Å². The molecular weight excluding hydrogens is 306 g/mol. The average molecular weight is 331 g/mol. The number of rotatable bonds is 3. The fraction of sp³-hybridized carbons (Fsp3) is 0.611. The molecule has 0 atom stereocenters. The molecule has 0 bridgehead atoms. The molecule has 2 aliphatic rings. The Labute approximate surface area is 142 Å². The molecule has 4 rings (SSSR count). The molecule has 0 spiro atoms. The number of anilines is 1. The second kappa shape index (κ2) is 6.75. The van der Waals surface area contributed by atoms with Crippen molar-refractivity contribution in [2.75, 3.05) is 44.3 Å². The van der Waals surface area contributed by atoms with Crippen LogP contribution in [0.5, 0.6) is 0 Å². The van der Waals surface area contributed by atoms with Crippen molar-refractivity contribution in [2.45, 2.75) is 32.2 Å². The first-order chi connectivity index (χ1) is 11.3. The van der Waals surface area contributed by atoms with E-state index < -0.39 is 0 Å². The maximum Gasteiger partial charge on any atom is 0.186 e. The van der Waals surface area contributed by atoms with E-state index in [1.807, 2.05) is 11.3 Å². The van der Waals surface area contributed by atoms with E-state index in [1.54, 1.807) is 0 Å². The number of morpholine rings is 1. The summed E-state index contributed by atoms with van der Waals surface area (Å²) >= 11 is 1.85. The minimum atomic E-state index is 0.732. The van der Waals surface area contributed by atoms with Gasteiger partial charge in [0.15, 0.2) is 5.13 Å². The lowest BCUT2D eigenvalue weighted by atomic mass is 10.0. The maximum atomic E-state index is 5.48. The van der Waals surface area contributed by atoms with Gasteiger partial charge in [-0.15, -0.1) is 0 Å². The van der Waals surface area contributed by atoms with Crippen molar-refractivity contribution in [3.8, 4) is 0 Å². The zero-order chi connectivity index (χ0) is 15.6. The van der Waals surface area contributed by atoms with E-state index in [4.69, 9.17) is 9.72 Å². The monoisotopic (exact) mass is 331 g/mol. The largest absolute Gasteiger partial charge is 0.379 e. The molecule has 1 aromatic heterocycles. The van der Waals surface area contributed by atoms with Crippen molar-refractivity contribution in [2.24, 2.45) is 0 Å². The quantitative estimate of drug-likeness (QED) is 0.864. The number of aromatic nitrogens is 1. The highest BCUT2D eigenvalue weighted by Gasteiger charge is 2.27. The molecule has 0 N–H and O–H groups in total. The number of ether oxygens (including phenoxy) is 1. The van der Waals surface area contributed by atoms with Crippen molar-refractivity contribution in [1.29, 1.82) is 0 Å². The molecule has 0 radical (unpaired) electrons. The summed E-state index contributed by atoms with van der Waals surface area (Å²) in [6.45, 7) is 8.47. The van der Waals surface area contributed by atoms with Crippen molar-refractivity contribution in [3.05, 3.63) is 23.8 Å². The number of aryl methyl sites for hydroxylation is 1. The molecule has 0 amide bonds. The third-order valence-electron chi connectivity index (χ3n) is 5.17. The molecule has 0 saturated carbocycles. The third-order valence-corrected chi connectivity index (χ3v) is 6.25. The number of piperidine rings is 1. The van der Waals surface area contributed by atoms with E-state index in [-0.39, 0.29) is 0 Å². The van der Waals surface area contributed by atoms with E-state index in [1.165, 1.54) is 33.8 Å². The Morgan fingerprint density at radius 3 is 2.70 bits per heavy atom. The van der Waals surface area contributed by atoms with Gasteiger partial charge in [0.1, 0.15) is 0 Å². The SMILES string of the molecule is CCc1cccc2sc(N3CCC(N4CCOCC4)CC3)nc12. The Bertz CT molecular complexity index is 657. The van der Waals surface area contributed by atoms with Crippen LogP contribution in [-0.4, -0.2) is 55.3 Å². The van der Waals surface area contributed by atoms with Crippen LogP contribution in [0.2, 0.25) is 0 Å². The second-order valence-corrected chi connectivity index (χ2v) is 7.49. The van der Waals surface area contributed by atoms with Crippen LogP contribution < -0.4 is 4.90 Å². The summed E-state index contributed by atoms with van der Waals surface area (Å²) in [5, 5.41) is 1.21. The van der Waals surface area contributed by atoms with Crippen molar-refractivity contribution in [3.63, 3.8) is 0 Å². The second-order valence-electron chi connectivity index (χ2n) is 6.48. The molecule has 2 aromatic rings. The van der Waals surface area contributed by atoms with Gasteiger partial charge in [0.2, 0.25) is 0 Å². The van der Waals surface area contributed by atoms with Crippen LogP contribution >= 0.6 is 11.3 Å². The Balaban J connectivity index is 1.45. The Morgan fingerprint density at radius 1 is 1.17 bits per heavy atom. The summed E-state index contributed by atoms with van der Waals surface area (Å²) in [6.07, 6.45) is 3.55. The summed E-state index contributed by atoms with van der Waals surface area (Å²) in [7, 11) is 0. The molecule has 2 fully saturated rings. The van der Waals surface area contributed by atoms with Gasteiger partial charge in [0.25, 0.3) is 0 Å². The molecule has 124 valence electrons. The summed E-state index contributed by atoms with van der Waals surface area (Å²) in [6, 6.07) is 7.30. The predicted molar refractivity (Wildman–Crippen MR) is 96.6 cm³/mol. The molecule has 3 heterocycles. The van der Waals surface area contributed by atoms with Gasteiger partial charge in [-0.2, -0.15) is 0 Å². The van der Waals surface area contributed by atoms with Crippen LogP contribution in [0.4, 0.5) is 5.13 Å². The van der Waals surface area contributed by atoms with Crippen molar-refractivity contribution < 1.29 is 4.74 Å². The summed E-state index contributed by atoms with van der Waals surface area (Å²) in [4.78, 5) is 10.1. The first-order valence-electron chi connectivity index (χ1n) is 8.80. The molecule has 4 nitrogen and oxygen atoms in total. The van der Waals surface area contributed by atoms with E-state index in [0.29, 0.717) is 0 Å². The number of fused-ring (bicyclic) bond motifs is 1. The molecular formula is C18H25N3OS. The molecule has 1 aromatic carbocycles. The molecule has 2 saturated heterocycles. The molecule has 0 unspecified atom stereocenters.